The quantitative estimate of drug-likeness (QED) is 0.324. The standard InChI is InChI=1S/C26H34BN5O7/c1-16(2)13-20(27-32(3,4)21(25(35)39-27)22(38-27)26(36)37-5)31-23(33)18(14-17-9-7-6-8-10-17)30-24(34)19-15-28-11-12-29-19/h6-12,15-16,18,20-22H,13-14H2,1-5H3,(H,30,34)(H,31,33)/t18-,20-,21-,22+,27?/m0/s1. The van der Waals surface area contributed by atoms with Gasteiger partial charge in [-0.05, 0) is 11.5 Å². The first-order valence-electron chi connectivity index (χ1n) is 12.9. The number of fused-ring (bicyclic) bond motifs is 2. The van der Waals surface area contributed by atoms with Crippen molar-refractivity contribution >= 4 is 30.4 Å². The monoisotopic (exact) mass is 539 g/mol. The van der Waals surface area contributed by atoms with Gasteiger partial charge in [-0.2, -0.15) is 0 Å². The van der Waals surface area contributed by atoms with Gasteiger partial charge in [0.15, 0.2) is 12.1 Å². The maximum atomic E-state index is 13.9. The highest BCUT2D eigenvalue weighted by molar-refractivity contribution is 6.66. The molecule has 2 saturated heterocycles. The molecule has 208 valence electrons. The fourth-order valence-electron chi connectivity index (χ4n) is 5.59. The highest BCUT2D eigenvalue weighted by Gasteiger charge is 2.75. The van der Waals surface area contributed by atoms with Crippen LogP contribution in [0.15, 0.2) is 48.9 Å². The Bertz CT molecular complexity index is 1230. The average Bonchev–Trinajstić information content (AvgIpc) is 3.27. The number of aromatic nitrogens is 2. The van der Waals surface area contributed by atoms with Crippen LogP contribution < -0.4 is 10.6 Å². The minimum absolute atomic E-state index is 0.0619. The van der Waals surface area contributed by atoms with Crippen LogP contribution in [0.4, 0.5) is 0 Å². The summed E-state index contributed by atoms with van der Waals surface area (Å²) in [5.74, 6) is -3.05. The molecule has 2 fully saturated rings. The molecule has 2 aromatic rings. The zero-order chi connectivity index (χ0) is 28.4. The number of likely N-dealkylation sites (N-methyl/N-ethyl adjacent to an activating group) is 1. The second kappa shape index (κ2) is 11.1. The highest BCUT2D eigenvalue weighted by atomic mass is 16.7. The molecular formula is C26H34BN5O7. The van der Waals surface area contributed by atoms with Gasteiger partial charge in [0.2, 0.25) is 5.91 Å². The molecule has 5 atom stereocenters. The Morgan fingerprint density at radius 3 is 2.46 bits per heavy atom. The first-order chi connectivity index (χ1) is 18.5. The molecule has 0 saturated carbocycles. The van der Waals surface area contributed by atoms with Gasteiger partial charge < -0.3 is 29.1 Å². The van der Waals surface area contributed by atoms with Gasteiger partial charge in [0, 0.05) is 38.9 Å². The summed E-state index contributed by atoms with van der Waals surface area (Å²) in [4.78, 5) is 60.2. The number of carbonyl (C=O) groups is 4. The van der Waals surface area contributed by atoms with E-state index < -0.39 is 54.6 Å². The smallest absolute Gasteiger partial charge is 0.550 e. The summed E-state index contributed by atoms with van der Waals surface area (Å²) in [7, 11) is 4.72. The van der Waals surface area contributed by atoms with E-state index >= 15 is 0 Å². The number of ether oxygens (including phenoxy) is 1. The summed E-state index contributed by atoms with van der Waals surface area (Å²) in [6.45, 7) is 1.37. The number of hydrogen-bond acceptors (Lipinski definition) is 9. The molecule has 1 aromatic heterocycles. The van der Waals surface area contributed by atoms with Crippen molar-refractivity contribution in [2.45, 2.75) is 50.8 Å². The van der Waals surface area contributed by atoms with Gasteiger partial charge in [-0.1, -0.05) is 50.6 Å². The summed E-state index contributed by atoms with van der Waals surface area (Å²) in [5.41, 5.74) is 0.892. The lowest BCUT2D eigenvalue weighted by molar-refractivity contribution is -0.802. The second-order valence-corrected chi connectivity index (χ2v) is 10.9. The van der Waals surface area contributed by atoms with E-state index in [9.17, 15) is 19.2 Å². The lowest BCUT2D eigenvalue weighted by Crippen LogP contribution is -2.72. The van der Waals surface area contributed by atoms with Crippen LogP contribution in [0.2, 0.25) is 0 Å². The van der Waals surface area contributed by atoms with E-state index in [1.54, 1.807) is 14.1 Å². The predicted molar refractivity (Wildman–Crippen MR) is 139 cm³/mol. The van der Waals surface area contributed by atoms with E-state index in [0.717, 1.165) is 5.56 Å². The van der Waals surface area contributed by atoms with Crippen molar-refractivity contribution in [3.63, 3.8) is 0 Å². The first kappa shape index (κ1) is 28.2. The Labute approximate surface area is 227 Å². The first-order valence-corrected chi connectivity index (χ1v) is 12.9. The lowest BCUT2D eigenvalue weighted by atomic mass is 9.57. The molecule has 4 rings (SSSR count). The predicted octanol–water partition coefficient (Wildman–Crippen LogP) is 0.400. The number of methoxy groups -OCH3 is 1. The Balaban J connectivity index is 1.65. The molecule has 2 bridgehead atoms. The van der Waals surface area contributed by atoms with Crippen LogP contribution in [0.25, 0.3) is 0 Å². The summed E-state index contributed by atoms with van der Waals surface area (Å²) < 4.78 is 16.9. The third-order valence-corrected chi connectivity index (χ3v) is 7.49. The van der Waals surface area contributed by atoms with E-state index in [0.29, 0.717) is 6.42 Å². The Hall–Kier alpha value is -3.84. The zero-order valence-corrected chi connectivity index (χ0v) is 22.7. The highest BCUT2D eigenvalue weighted by Crippen LogP contribution is 2.45. The molecule has 2 amide bonds. The zero-order valence-electron chi connectivity index (χ0n) is 22.7. The van der Waals surface area contributed by atoms with Crippen molar-refractivity contribution in [2.24, 2.45) is 5.92 Å². The molecule has 0 spiro atoms. The van der Waals surface area contributed by atoms with E-state index in [4.69, 9.17) is 14.0 Å². The third-order valence-electron chi connectivity index (χ3n) is 7.49. The molecule has 12 nitrogen and oxygen atoms in total. The molecule has 1 aromatic carbocycles. The number of quaternary nitrogens is 1. The SMILES string of the molecule is COC(=O)[C@@H]1O[B-]2([C@H](CC(C)C)NC(=O)[C@H](Cc3ccccc3)NC(=O)c3cnccn3)OC(=O)[C@H]1[N+]2(C)C. The Kier molecular flexibility index (Phi) is 8.03. The third kappa shape index (κ3) is 5.37. The molecule has 0 radical (unpaired) electrons. The molecule has 2 aliphatic rings. The van der Waals surface area contributed by atoms with Gasteiger partial charge in [-0.15, -0.1) is 0 Å². The molecule has 1 unspecified atom stereocenters. The number of carbonyl (C=O) groups excluding carboxylic acids is 4. The van der Waals surface area contributed by atoms with Gasteiger partial charge in [0.1, 0.15) is 11.7 Å². The van der Waals surface area contributed by atoms with Gasteiger partial charge >= 0.3 is 18.6 Å². The van der Waals surface area contributed by atoms with Crippen molar-refractivity contribution in [3.8, 4) is 0 Å². The maximum absolute atomic E-state index is 13.9. The fourth-order valence-corrected chi connectivity index (χ4v) is 5.59. The number of esters is 1. The fraction of sp³-hybridized carbons (Fsp3) is 0.462. The minimum Gasteiger partial charge on any atom is -0.609 e. The van der Waals surface area contributed by atoms with E-state index in [1.807, 2.05) is 44.2 Å². The lowest BCUT2D eigenvalue weighted by Gasteiger charge is -2.46. The topological polar surface area (TPSA) is 146 Å². The van der Waals surface area contributed by atoms with E-state index in [2.05, 4.69) is 20.6 Å². The average molecular weight is 539 g/mol. The normalized spacial score (nSPS) is 24.5. The van der Waals surface area contributed by atoms with Crippen LogP contribution in [-0.2, 0) is 34.9 Å². The molecule has 3 heterocycles. The van der Waals surface area contributed by atoms with Gasteiger partial charge in [-0.3, -0.25) is 14.6 Å². The number of hydrogen-bond donors (Lipinski definition) is 2. The number of nitrogens with one attached hydrogen (secondary N) is 2. The summed E-state index contributed by atoms with van der Waals surface area (Å²) in [6, 6.07) is 7.33. The van der Waals surface area contributed by atoms with Crippen LogP contribution in [0.3, 0.4) is 0 Å². The van der Waals surface area contributed by atoms with Crippen molar-refractivity contribution in [1.29, 1.82) is 0 Å². The number of rotatable bonds is 10. The number of benzene rings is 1. The number of nitrogens with zero attached hydrogens (tertiary/aromatic N) is 3. The minimum atomic E-state index is -2.56. The van der Waals surface area contributed by atoms with E-state index in [1.165, 1.54) is 25.7 Å². The molecule has 13 heteroatoms. The Morgan fingerprint density at radius 2 is 1.85 bits per heavy atom. The van der Waals surface area contributed by atoms with E-state index in [-0.39, 0.29) is 22.4 Å². The maximum Gasteiger partial charge on any atom is 0.550 e. The van der Waals surface area contributed by atoms with Crippen LogP contribution in [0, 0.1) is 5.92 Å². The van der Waals surface area contributed by atoms with Crippen molar-refractivity contribution in [2.75, 3.05) is 21.2 Å². The summed E-state index contributed by atoms with van der Waals surface area (Å²) >= 11 is 0. The largest absolute Gasteiger partial charge is 0.609 e. The molecular weight excluding hydrogens is 505 g/mol. The van der Waals surface area contributed by atoms with Crippen molar-refractivity contribution in [1.82, 2.24) is 20.6 Å². The van der Waals surface area contributed by atoms with Gasteiger partial charge in [0.05, 0.1) is 13.3 Å². The second-order valence-electron chi connectivity index (χ2n) is 10.9. The molecule has 2 aliphatic heterocycles. The van der Waals surface area contributed by atoms with Crippen molar-refractivity contribution < 1.29 is 37.6 Å². The number of amides is 2. The summed E-state index contributed by atoms with van der Waals surface area (Å²) in [5, 5.41) is 5.77. The van der Waals surface area contributed by atoms with Crippen LogP contribution in [0.5, 0.6) is 0 Å². The Morgan fingerprint density at radius 1 is 1.13 bits per heavy atom. The molecule has 2 N–H and O–H groups in total. The van der Waals surface area contributed by atoms with Crippen LogP contribution >= 0.6 is 0 Å². The molecule has 0 aliphatic carbocycles. The van der Waals surface area contributed by atoms with Gasteiger partial charge in [-0.25, -0.2) is 14.6 Å². The van der Waals surface area contributed by atoms with Crippen molar-refractivity contribution in [3.05, 3.63) is 60.2 Å². The molecule has 39 heavy (non-hydrogen) atoms. The van der Waals surface area contributed by atoms with Crippen LogP contribution in [-0.4, -0.2) is 90.1 Å². The van der Waals surface area contributed by atoms with Crippen LogP contribution in [0.1, 0.15) is 36.3 Å². The summed E-state index contributed by atoms with van der Waals surface area (Å²) in [6.07, 6.45) is 3.57. The van der Waals surface area contributed by atoms with Gasteiger partial charge in [0.25, 0.3) is 5.91 Å².